The molecule has 5 heteroatoms. The van der Waals surface area contributed by atoms with Gasteiger partial charge >= 0.3 is 0 Å². The van der Waals surface area contributed by atoms with Gasteiger partial charge in [-0.15, -0.1) is 12.4 Å². The normalized spacial score (nSPS) is 19.7. The molecule has 1 unspecified atom stereocenters. The van der Waals surface area contributed by atoms with E-state index in [4.69, 9.17) is 4.74 Å². The fraction of sp³-hybridized carbons (Fsp3) is 0.900. The van der Waals surface area contributed by atoms with E-state index in [1.165, 1.54) is 0 Å². The first-order valence-corrected chi connectivity index (χ1v) is 5.20. The summed E-state index contributed by atoms with van der Waals surface area (Å²) < 4.78 is 5.27. The molecule has 1 heterocycles. The molecule has 1 rings (SSSR count). The lowest BCUT2D eigenvalue weighted by Crippen LogP contribution is -2.33. The van der Waals surface area contributed by atoms with Crippen molar-refractivity contribution in [1.29, 1.82) is 0 Å². The van der Waals surface area contributed by atoms with Gasteiger partial charge in [0, 0.05) is 39.1 Å². The molecule has 0 aromatic rings. The third-order valence-corrected chi connectivity index (χ3v) is 2.57. The Balaban J connectivity index is 0.00000196. The number of rotatable bonds is 5. The molecule has 1 aliphatic heterocycles. The molecule has 1 amide bonds. The van der Waals surface area contributed by atoms with E-state index >= 15 is 0 Å². The maximum atomic E-state index is 11.5. The highest BCUT2D eigenvalue weighted by molar-refractivity contribution is 5.85. The van der Waals surface area contributed by atoms with Gasteiger partial charge in [-0.25, -0.2) is 0 Å². The summed E-state index contributed by atoms with van der Waals surface area (Å²) in [4.78, 5) is 13.4. The topological polar surface area (TPSA) is 41.6 Å². The molecular formula is C10H21ClN2O2. The van der Waals surface area contributed by atoms with Crippen LogP contribution in [0.4, 0.5) is 0 Å². The van der Waals surface area contributed by atoms with Crippen LogP contribution < -0.4 is 5.32 Å². The number of hydrogen-bond donors (Lipinski definition) is 1. The number of halogens is 1. The van der Waals surface area contributed by atoms with Crippen LogP contribution in [0.15, 0.2) is 0 Å². The number of hydrogen-bond acceptors (Lipinski definition) is 3. The highest BCUT2D eigenvalue weighted by atomic mass is 35.5. The molecule has 0 spiro atoms. The summed E-state index contributed by atoms with van der Waals surface area (Å²) in [5, 5.41) is 2.97. The summed E-state index contributed by atoms with van der Waals surface area (Å²) in [7, 11) is 3.73. The Bertz CT molecular complexity index is 184. The average molecular weight is 237 g/mol. The van der Waals surface area contributed by atoms with E-state index in [1.807, 2.05) is 19.0 Å². The molecule has 1 saturated heterocycles. The van der Waals surface area contributed by atoms with Crippen LogP contribution in [0.3, 0.4) is 0 Å². The van der Waals surface area contributed by atoms with Gasteiger partial charge in [-0.3, -0.25) is 4.79 Å². The molecule has 90 valence electrons. The summed E-state index contributed by atoms with van der Waals surface area (Å²) in [5.41, 5.74) is 0. The van der Waals surface area contributed by atoms with Crippen LogP contribution in [-0.2, 0) is 9.53 Å². The van der Waals surface area contributed by atoms with Crippen molar-refractivity contribution in [2.24, 2.45) is 5.92 Å². The number of carbonyl (C=O) groups excluding carboxylic acids is 1. The lowest BCUT2D eigenvalue weighted by Gasteiger charge is -2.20. The van der Waals surface area contributed by atoms with Crippen LogP contribution in [-0.4, -0.2) is 51.2 Å². The van der Waals surface area contributed by atoms with Gasteiger partial charge in [-0.2, -0.15) is 0 Å². The Morgan fingerprint density at radius 3 is 2.87 bits per heavy atom. The maximum Gasteiger partial charge on any atom is 0.223 e. The summed E-state index contributed by atoms with van der Waals surface area (Å²) >= 11 is 0. The molecule has 1 aliphatic rings. The van der Waals surface area contributed by atoms with Gasteiger partial charge in [0.15, 0.2) is 0 Å². The zero-order chi connectivity index (χ0) is 10.4. The molecule has 4 nitrogen and oxygen atoms in total. The molecular weight excluding hydrogens is 216 g/mol. The molecule has 0 aliphatic carbocycles. The average Bonchev–Trinajstić information content (AvgIpc) is 2.66. The van der Waals surface area contributed by atoms with Crippen LogP contribution in [0.2, 0.25) is 0 Å². The van der Waals surface area contributed by atoms with Crippen molar-refractivity contribution in [1.82, 2.24) is 10.2 Å². The number of nitrogens with one attached hydrogen (secondary N) is 1. The highest BCUT2D eigenvalue weighted by Gasteiger charge is 2.19. The minimum Gasteiger partial charge on any atom is -0.381 e. The quantitative estimate of drug-likeness (QED) is 0.757. The van der Waals surface area contributed by atoms with Crippen molar-refractivity contribution in [2.45, 2.75) is 12.8 Å². The second kappa shape index (κ2) is 7.91. The Morgan fingerprint density at radius 2 is 2.33 bits per heavy atom. The Morgan fingerprint density at radius 1 is 1.60 bits per heavy atom. The lowest BCUT2D eigenvalue weighted by atomic mass is 10.1. The molecule has 0 aromatic heterocycles. The van der Waals surface area contributed by atoms with E-state index in [0.29, 0.717) is 12.3 Å². The first-order valence-electron chi connectivity index (χ1n) is 5.20. The predicted octanol–water partition coefficient (Wildman–Crippen LogP) is 0.513. The first-order chi connectivity index (χ1) is 6.74. The van der Waals surface area contributed by atoms with Gasteiger partial charge in [-0.1, -0.05) is 0 Å². The van der Waals surface area contributed by atoms with E-state index in [1.54, 1.807) is 0 Å². The second-order valence-corrected chi connectivity index (χ2v) is 3.86. The largest absolute Gasteiger partial charge is 0.381 e. The van der Waals surface area contributed by atoms with Crippen LogP contribution >= 0.6 is 12.4 Å². The van der Waals surface area contributed by atoms with E-state index < -0.39 is 0 Å². The third kappa shape index (κ3) is 5.35. The fourth-order valence-electron chi connectivity index (χ4n) is 1.64. The molecule has 0 saturated carbocycles. The Hall–Kier alpha value is -0.320. The van der Waals surface area contributed by atoms with Crippen LogP contribution in [0.5, 0.6) is 0 Å². The molecule has 1 fully saturated rings. The second-order valence-electron chi connectivity index (χ2n) is 3.86. The van der Waals surface area contributed by atoms with E-state index in [-0.39, 0.29) is 18.3 Å². The molecule has 15 heavy (non-hydrogen) atoms. The van der Waals surface area contributed by atoms with E-state index in [0.717, 1.165) is 32.7 Å². The number of nitrogens with zero attached hydrogens (tertiary/aromatic N) is 1. The van der Waals surface area contributed by atoms with Crippen LogP contribution in [0.1, 0.15) is 12.8 Å². The first kappa shape index (κ1) is 14.7. The van der Waals surface area contributed by atoms with E-state index in [9.17, 15) is 4.79 Å². The van der Waals surface area contributed by atoms with Gasteiger partial charge in [0.2, 0.25) is 5.91 Å². The molecule has 1 N–H and O–H groups in total. The van der Waals surface area contributed by atoms with Crippen molar-refractivity contribution in [3.63, 3.8) is 0 Å². The molecule has 0 aromatic carbocycles. The minimum atomic E-state index is 0. The monoisotopic (exact) mass is 236 g/mol. The van der Waals surface area contributed by atoms with Crippen molar-refractivity contribution in [3.05, 3.63) is 0 Å². The zero-order valence-electron chi connectivity index (χ0n) is 9.49. The standard InChI is InChI=1S/C10H20N2O2.ClH/c1-11-5-3-10(13)12(2)7-9-4-6-14-8-9;/h9,11H,3-8H2,1-2H3;1H. The summed E-state index contributed by atoms with van der Waals surface area (Å²) in [6.45, 7) is 3.25. The zero-order valence-corrected chi connectivity index (χ0v) is 10.3. The molecule has 0 bridgehead atoms. The van der Waals surface area contributed by atoms with E-state index in [2.05, 4.69) is 5.32 Å². The third-order valence-electron chi connectivity index (χ3n) is 2.57. The maximum absolute atomic E-state index is 11.5. The van der Waals surface area contributed by atoms with Crippen molar-refractivity contribution in [2.75, 3.05) is 40.4 Å². The smallest absolute Gasteiger partial charge is 0.223 e. The lowest BCUT2D eigenvalue weighted by molar-refractivity contribution is -0.130. The van der Waals surface area contributed by atoms with Crippen molar-refractivity contribution in [3.8, 4) is 0 Å². The van der Waals surface area contributed by atoms with Gasteiger partial charge in [0.25, 0.3) is 0 Å². The van der Waals surface area contributed by atoms with Gasteiger partial charge in [0.05, 0.1) is 6.61 Å². The number of amides is 1. The van der Waals surface area contributed by atoms with Crippen molar-refractivity contribution >= 4 is 18.3 Å². The predicted molar refractivity (Wildman–Crippen MR) is 62.4 cm³/mol. The highest BCUT2D eigenvalue weighted by Crippen LogP contribution is 2.13. The van der Waals surface area contributed by atoms with Gasteiger partial charge in [0.1, 0.15) is 0 Å². The number of ether oxygens (including phenoxy) is 1. The van der Waals surface area contributed by atoms with Crippen LogP contribution in [0, 0.1) is 5.92 Å². The van der Waals surface area contributed by atoms with Gasteiger partial charge < -0.3 is 15.0 Å². The fourth-order valence-corrected chi connectivity index (χ4v) is 1.64. The Labute approximate surface area is 97.8 Å². The summed E-state index contributed by atoms with van der Waals surface area (Å²) in [6.07, 6.45) is 1.67. The summed E-state index contributed by atoms with van der Waals surface area (Å²) in [6, 6.07) is 0. The number of carbonyl (C=O) groups is 1. The SMILES string of the molecule is CNCCC(=O)N(C)CC1CCOC1.Cl. The minimum absolute atomic E-state index is 0. The van der Waals surface area contributed by atoms with Crippen molar-refractivity contribution < 1.29 is 9.53 Å². The van der Waals surface area contributed by atoms with Crippen LogP contribution in [0.25, 0.3) is 0 Å². The van der Waals surface area contributed by atoms with Gasteiger partial charge in [-0.05, 0) is 13.5 Å². The molecule has 0 radical (unpaired) electrons. The summed E-state index contributed by atoms with van der Waals surface area (Å²) in [5.74, 6) is 0.754. The molecule has 1 atom stereocenters. The Kier molecular flexibility index (Phi) is 7.74.